The number of hydrogen-bond donors (Lipinski definition) is 2. The van der Waals surface area contributed by atoms with Gasteiger partial charge in [0.2, 0.25) is 0 Å². The van der Waals surface area contributed by atoms with Crippen LogP contribution in [0.1, 0.15) is 63.0 Å². The number of rotatable bonds is 7. The molecule has 2 aromatic rings. The zero-order chi connectivity index (χ0) is 25.1. The number of Topliss-reactive ketones (excluding diaryl/α,β-unsaturated/α-hetero) is 1. The second kappa shape index (κ2) is 10.6. The zero-order valence-electron chi connectivity index (χ0n) is 20.2. The molecule has 7 heteroatoms. The zero-order valence-corrected chi connectivity index (χ0v) is 20.9. The van der Waals surface area contributed by atoms with Gasteiger partial charge < -0.3 is 19.9 Å². The van der Waals surface area contributed by atoms with Crippen molar-refractivity contribution >= 4 is 23.4 Å². The molecule has 2 N–H and O–H groups in total. The standard InChI is InChI=1S/C28H30ClNO5/c1-4-11-35-28(33)24-16(3)30-21-13-18(17-9-7-6-8-10-17)14-22(31)26(21)25(24)19-12-20(29)27(32)23(15-19)34-5-2/h6-10,12,15,18,25,30,32H,4-5,11,13-14H2,1-3H3/t18-,25-/m1/s1. The number of phenolic OH excluding ortho intramolecular Hbond substituents is 1. The molecule has 0 amide bonds. The van der Waals surface area contributed by atoms with Crippen LogP contribution < -0.4 is 10.1 Å². The molecule has 0 saturated heterocycles. The van der Waals surface area contributed by atoms with E-state index in [1.165, 1.54) is 0 Å². The molecule has 1 aliphatic heterocycles. The highest BCUT2D eigenvalue weighted by atomic mass is 35.5. The number of halogens is 1. The number of carbonyl (C=O) groups is 2. The molecule has 2 aromatic carbocycles. The maximum Gasteiger partial charge on any atom is 0.336 e. The van der Waals surface area contributed by atoms with Crippen molar-refractivity contribution in [3.8, 4) is 11.5 Å². The van der Waals surface area contributed by atoms with Crippen LogP contribution in [0.3, 0.4) is 0 Å². The molecule has 0 spiro atoms. The predicted molar refractivity (Wildman–Crippen MR) is 135 cm³/mol. The first kappa shape index (κ1) is 24.9. The van der Waals surface area contributed by atoms with E-state index in [1.54, 1.807) is 19.1 Å². The van der Waals surface area contributed by atoms with Crippen molar-refractivity contribution in [3.63, 3.8) is 0 Å². The topological polar surface area (TPSA) is 84.9 Å². The first-order valence-electron chi connectivity index (χ1n) is 12.0. The molecule has 6 nitrogen and oxygen atoms in total. The molecule has 4 rings (SSSR count). The fourth-order valence-electron chi connectivity index (χ4n) is 4.90. The Morgan fingerprint density at radius 1 is 1.14 bits per heavy atom. The Labute approximate surface area is 210 Å². The summed E-state index contributed by atoms with van der Waals surface area (Å²) in [5.41, 5.74) is 4.04. The second-order valence-electron chi connectivity index (χ2n) is 8.85. The van der Waals surface area contributed by atoms with Gasteiger partial charge in [-0.25, -0.2) is 4.79 Å². The van der Waals surface area contributed by atoms with Gasteiger partial charge >= 0.3 is 5.97 Å². The van der Waals surface area contributed by atoms with E-state index in [9.17, 15) is 14.7 Å². The third-order valence-electron chi connectivity index (χ3n) is 6.44. The van der Waals surface area contributed by atoms with E-state index in [-0.39, 0.29) is 34.8 Å². The fourth-order valence-corrected chi connectivity index (χ4v) is 5.12. The Bertz CT molecular complexity index is 1200. The molecule has 1 heterocycles. The van der Waals surface area contributed by atoms with Crippen molar-refractivity contribution in [3.05, 3.63) is 81.2 Å². The Kier molecular flexibility index (Phi) is 7.51. The van der Waals surface area contributed by atoms with Gasteiger partial charge in [-0.15, -0.1) is 0 Å². The molecule has 0 aromatic heterocycles. The minimum Gasteiger partial charge on any atom is -0.503 e. The molecule has 1 aliphatic carbocycles. The summed E-state index contributed by atoms with van der Waals surface area (Å²) in [5.74, 6) is -1.12. The number of benzene rings is 2. The molecule has 2 atom stereocenters. The van der Waals surface area contributed by atoms with Crippen LogP contribution in [0.4, 0.5) is 0 Å². The number of phenols is 1. The summed E-state index contributed by atoms with van der Waals surface area (Å²) >= 11 is 6.36. The number of esters is 1. The van der Waals surface area contributed by atoms with Gasteiger partial charge in [0.05, 0.1) is 23.8 Å². The third kappa shape index (κ3) is 4.94. The van der Waals surface area contributed by atoms with Crippen LogP contribution in [-0.2, 0) is 14.3 Å². The fraction of sp³-hybridized carbons (Fsp3) is 0.357. The number of nitrogens with one attached hydrogen (secondary N) is 1. The van der Waals surface area contributed by atoms with Gasteiger partial charge in [0.15, 0.2) is 17.3 Å². The van der Waals surface area contributed by atoms with Crippen molar-refractivity contribution < 1.29 is 24.2 Å². The summed E-state index contributed by atoms with van der Waals surface area (Å²) in [6.07, 6.45) is 1.66. The first-order valence-corrected chi connectivity index (χ1v) is 12.3. The van der Waals surface area contributed by atoms with E-state index in [0.717, 1.165) is 11.3 Å². The molecule has 184 valence electrons. The average molecular weight is 496 g/mol. The number of carbonyl (C=O) groups excluding carboxylic acids is 2. The van der Waals surface area contributed by atoms with E-state index in [4.69, 9.17) is 21.1 Å². The van der Waals surface area contributed by atoms with Crippen molar-refractivity contribution in [1.82, 2.24) is 5.32 Å². The van der Waals surface area contributed by atoms with Crippen molar-refractivity contribution in [2.24, 2.45) is 0 Å². The average Bonchev–Trinajstić information content (AvgIpc) is 2.84. The van der Waals surface area contributed by atoms with Gasteiger partial charge in [0.25, 0.3) is 0 Å². The van der Waals surface area contributed by atoms with Crippen molar-refractivity contribution in [1.29, 1.82) is 0 Å². The lowest BCUT2D eigenvalue weighted by molar-refractivity contribution is -0.139. The minimum absolute atomic E-state index is 0.0342. The van der Waals surface area contributed by atoms with Crippen LogP contribution in [0, 0.1) is 0 Å². The molecule has 0 saturated carbocycles. The van der Waals surface area contributed by atoms with Gasteiger partial charge in [0, 0.05) is 29.3 Å². The van der Waals surface area contributed by atoms with Gasteiger partial charge in [-0.1, -0.05) is 48.9 Å². The summed E-state index contributed by atoms with van der Waals surface area (Å²) in [6, 6.07) is 13.2. The molecule has 0 fully saturated rings. The van der Waals surface area contributed by atoms with E-state index in [0.29, 0.717) is 48.3 Å². The normalized spacial score (nSPS) is 19.8. The van der Waals surface area contributed by atoms with Crippen molar-refractivity contribution in [2.45, 2.75) is 51.9 Å². The lowest BCUT2D eigenvalue weighted by Gasteiger charge is -2.37. The van der Waals surface area contributed by atoms with E-state index >= 15 is 0 Å². The number of hydrogen-bond acceptors (Lipinski definition) is 6. The SMILES string of the molecule is CCCOC(=O)C1=C(C)NC2=C(C(=O)C[C@H](c3ccccc3)C2)[C@@H]1c1cc(Cl)c(O)c(OCC)c1. The number of allylic oxidation sites excluding steroid dienone is 3. The Balaban J connectivity index is 1.84. The Morgan fingerprint density at radius 2 is 1.89 bits per heavy atom. The third-order valence-corrected chi connectivity index (χ3v) is 6.73. The van der Waals surface area contributed by atoms with Crippen LogP contribution in [0.25, 0.3) is 0 Å². The highest BCUT2D eigenvalue weighted by molar-refractivity contribution is 6.32. The van der Waals surface area contributed by atoms with Crippen LogP contribution in [-0.4, -0.2) is 30.1 Å². The van der Waals surface area contributed by atoms with E-state index in [1.807, 2.05) is 44.2 Å². The summed E-state index contributed by atoms with van der Waals surface area (Å²) in [4.78, 5) is 26.9. The monoisotopic (exact) mass is 495 g/mol. The Morgan fingerprint density at radius 3 is 2.57 bits per heavy atom. The predicted octanol–water partition coefficient (Wildman–Crippen LogP) is 5.76. The van der Waals surface area contributed by atoms with Crippen molar-refractivity contribution in [2.75, 3.05) is 13.2 Å². The van der Waals surface area contributed by atoms with Crippen LogP contribution in [0.2, 0.25) is 5.02 Å². The summed E-state index contributed by atoms with van der Waals surface area (Å²) in [6.45, 7) is 6.15. The molecule has 0 unspecified atom stereocenters. The quantitative estimate of drug-likeness (QED) is 0.475. The van der Waals surface area contributed by atoms with E-state index < -0.39 is 11.9 Å². The summed E-state index contributed by atoms with van der Waals surface area (Å²) < 4.78 is 11.1. The summed E-state index contributed by atoms with van der Waals surface area (Å²) in [5, 5.41) is 13.8. The summed E-state index contributed by atoms with van der Waals surface area (Å²) in [7, 11) is 0. The molecular formula is C28H30ClNO5. The van der Waals surface area contributed by atoms with Gasteiger partial charge in [-0.05, 0) is 55.9 Å². The van der Waals surface area contributed by atoms with Crippen LogP contribution >= 0.6 is 11.6 Å². The number of ketones is 1. The first-order chi connectivity index (χ1) is 16.8. The highest BCUT2D eigenvalue weighted by Gasteiger charge is 2.42. The largest absolute Gasteiger partial charge is 0.503 e. The number of ether oxygens (including phenoxy) is 2. The van der Waals surface area contributed by atoms with Crippen LogP contribution in [0.15, 0.2) is 65.0 Å². The molecule has 2 aliphatic rings. The number of dihydropyridines is 1. The van der Waals surface area contributed by atoms with Gasteiger partial charge in [-0.2, -0.15) is 0 Å². The Hall–Kier alpha value is -3.25. The van der Waals surface area contributed by atoms with Gasteiger partial charge in [0.1, 0.15) is 0 Å². The number of aromatic hydroxyl groups is 1. The lowest BCUT2D eigenvalue weighted by Crippen LogP contribution is -2.36. The van der Waals surface area contributed by atoms with E-state index in [2.05, 4.69) is 5.32 Å². The smallest absolute Gasteiger partial charge is 0.336 e. The minimum atomic E-state index is -0.683. The van der Waals surface area contributed by atoms with Crippen LogP contribution in [0.5, 0.6) is 11.5 Å². The highest BCUT2D eigenvalue weighted by Crippen LogP contribution is 2.48. The molecule has 35 heavy (non-hydrogen) atoms. The lowest BCUT2D eigenvalue weighted by atomic mass is 9.71. The molecular weight excluding hydrogens is 466 g/mol. The maximum absolute atomic E-state index is 13.7. The molecule has 0 radical (unpaired) electrons. The molecule has 0 bridgehead atoms. The second-order valence-corrected chi connectivity index (χ2v) is 9.25. The van der Waals surface area contributed by atoms with Gasteiger partial charge in [-0.3, -0.25) is 4.79 Å². The maximum atomic E-state index is 13.7.